The molecule has 0 spiro atoms. The topological polar surface area (TPSA) is 37.3 Å². The summed E-state index contributed by atoms with van der Waals surface area (Å²) in [5.74, 6) is -1.36. The van der Waals surface area contributed by atoms with Gasteiger partial charge >= 0.3 is 12.1 Å². The summed E-state index contributed by atoms with van der Waals surface area (Å²) < 4.78 is 36.9. The average molecular weight is 248 g/mol. The van der Waals surface area contributed by atoms with E-state index in [4.69, 9.17) is 5.11 Å². The lowest BCUT2D eigenvalue weighted by molar-refractivity contribution is -0.132. The first-order chi connectivity index (χ1) is 7.81. The summed E-state index contributed by atoms with van der Waals surface area (Å²) in [5, 5.41) is 8.86. The molecule has 17 heavy (non-hydrogen) atoms. The number of carboxylic acid groups (broad SMARTS) is 1. The van der Waals surface area contributed by atoms with Crippen molar-refractivity contribution in [1.82, 2.24) is 0 Å². The average Bonchev–Trinajstić information content (AvgIpc) is 2.19. The molecule has 0 amide bonds. The summed E-state index contributed by atoms with van der Waals surface area (Å²) in [5.41, 5.74) is -0.556. The van der Waals surface area contributed by atoms with E-state index in [0.29, 0.717) is 6.42 Å². The summed E-state index contributed by atoms with van der Waals surface area (Å²) in [6, 6.07) is 0. The van der Waals surface area contributed by atoms with Crippen LogP contribution in [0.2, 0.25) is 0 Å². The Labute approximate surface area is 98.1 Å². The lowest BCUT2D eigenvalue weighted by Crippen LogP contribution is -2.11. The summed E-state index contributed by atoms with van der Waals surface area (Å²) in [6.07, 6.45) is 0.183. The Bertz CT molecular complexity index is 349. The Morgan fingerprint density at radius 1 is 1.29 bits per heavy atom. The Morgan fingerprint density at radius 3 is 2.24 bits per heavy atom. The van der Waals surface area contributed by atoms with Crippen LogP contribution in [0.15, 0.2) is 35.5 Å². The summed E-state index contributed by atoms with van der Waals surface area (Å²) in [7, 11) is 0. The zero-order chi connectivity index (χ0) is 13.5. The molecule has 0 atom stereocenters. The number of rotatable bonds is 5. The van der Waals surface area contributed by atoms with Gasteiger partial charge in [-0.2, -0.15) is 13.2 Å². The van der Waals surface area contributed by atoms with E-state index in [2.05, 4.69) is 0 Å². The molecule has 0 bridgehead atoms. The van der Waals surface area contributed by atoms with Crippen molar-refractivity contribution in [3.05, 3.63) is 35.5 Å². The third-order valence-electron chi connectivity index (χ3n) is 1.86. The lowest BCUT2D eigenvalue weighted by Gasteiger charge is -2.09. The van der Waals surface area contributed by atoms with Crippen LogP contribution in [0.25, 0.3) is 0 Å². The van der Waals surface area contributed by atoms with E-state index in [-0.39, 0.29) is 11.1 Å². The lowest BCUT2D eigenvalue weighted by atomic mass is 10.0. The van der Waals surface area contributed by atoms with Crippen molar-refractivity contribution in [2.75, 3.05) is 0 Å². The number of carboxylic acids is 1. The monoisotopic (exact) mass is 248 g/mol. The molecule has 0 aromatic carbocycles. The molecule has 0 radical (unpaired) electrons. The molecule has 0 saturated heterocycles. The number of hydrogen-bond donors (Lipinski definition) is 1. The number of hydrogen-bond acceptors (Lipinski definition) is 1. The minimum atomic E-state index is -4.42. The van der Waals surface area contributed by atoms with Gasteiger partial charge < -0.3 is 5.11 Å². The van der Waals surface area contributed by atoms with Crippen molar-refractivity contribution in [1.29, 1.82) is 0 Å². The molecule has 1 N–H and O–H groups in total. The molecule has 0 aromatic rings. The van der Waals surface area contributed by atoms with Gasteiger partial charge in [0.15, 0.2) is 0 Å². The predicted molar refractivity (Wildman–Crippen MR) is 59.6 cm³/mol. The molecule has 0 aliphatic rings. The molecule has 0 heterocycles. The largest absolute Gasteiger partial charge is 0.478 e. The summed E-state index contributed by atoms with van der Waals surface area (Å²) in [4.78, 5) is 10.9. The van der Waals surface area contributed by atoms with Gasteiger partial charge in [-0.3, -0.25) is 0 Å². The van der Waals surface area contributed by atoms with E-state index >= 15 is 0 Å². The van der Waals surface area contributed by atoms with Crippen molar-refractivity contribution in [3.63, 3.8) is 0 Å². The zero-order valence-electron chi connectivity index (χ0n) is 9.71. The van der Waals surface area contributed by atoms with Crippen LogP contribution in [0.1, 0.15) is 26.7 Å². The molecular weight excluding hydrogens is 233 g/mol. The highest BCUT2D eigenvalue weighted by molar-refractivity contribution is 5.91. The van der Waals surface area contributed by atoms with Crippen molar-refractivity contribution >= 4 is 5.97 Å². The minimum Gasteiger partial charge on any atom is -0.478 e. The molecule has 96 valence electrons. The van der Waals surface area contributed by atoms with E-state index in [1.54, 1.807) is 13.8 Å². The van der Waals surface area contributed by atoms with E-state index in [9.17, 15) is 18.0 Å². The van der Waals surface area contributed by atoms with Gasteiger partial charge in [0.1, 0.15) is 0 Å². The van der Waals surface area contributed by atoms with Gasteiger partial charge in [-0.1, -0.05) is 31.2 Å². The van der Waals surface area contributed by atoms with Crippen LogP contribution in [0, 0.1) is 0 Å². The van der Waals surface area contributed by atoms with Crippen LogP contribution < -0.4 is 0 Å². The van der Waals surface area contributed by atoms with Gasteiger partial charge in [-0.25, -0.2) is 4.79 Å². The Balaban J connectivity index is 5.43. The van der Waals surface area contributed by atoms with Crippen LogP contribution in [-0.4, -0.2) is 17.3 Å². The fourth-order valence-electron chi connectivity index (χ4n) is 1.20. The van der Waals surface area contributed by atoms with Crippen molar-refractivity contribution in [3.8, 4) is 0 Å². The second-order valence-electron chi connectivity index (χ2n) is 3.35. The van der Waals surface area contributed by atoms with Crippen molar-refractivity contribution < 1.29 is 23.1 Å². The van der Waals surface area contributed by atoms with Gasteiger partial charge in [-0.05, 0) is 18.9 Å². The van der Waals surface area contributed by atoms with E-state index in [1.165, 1.54) is 24.3 Å². The smallest absolute Gasteiger partial charge is 0.393 e. The number of alkyl halides is 3. The Kier molecular flexibility index (Phi) is 6.31. The SMILES string of the molecule is C\C=C/C(C(=O)O)=C(\C=C\CC)CC(F)(F)F. The van der Waals surface area contributed by atoms with Crippen LogP contribution in [0.3, 0.4) is 0 Å². The van der Waals surface area contributed by atoms with Crippen molar-refractivity contribution in [2.24, 2.45) is 0 Å². The number of allylic oxidation sites excluding steroid dienone is 4. The maximum absolute atomic E-state index is 12.3. The highest BCUT2D eigenvalue weighted by Gasteiger charge is 2.30. The molecule has 0 aliphatic heterocycles. The molecule has 0 saturated carbocycles. The number of halogens is 3. The molecule has 0 aliphatic carbocycles. The minimum absolute atomic E-state index is 0.232. The maximum Gasteiger partial charge on any atom is 0.393 e. The van der Waals surface area contributed by atoms with Crippen LogP contribution in [-0.2, 0) is 4.79 Å². The van der Waals surface area contributed by atoms with E-state index < -0.39 is 18.6 Å². The quantitative estimate of drug-likeness (QED) is 0.592. The van der Waals surface area contributed by atoms with Gasteiger partial charge in [0.05, 0.1) is 12.0 Å². The number of aliphatic carboxylic acids is 1. The maximum atomic E-state index is 12.3. The van der Waals surface area contributed by atoms with Gasteiger partial charge in [0, 0.05) is 0 Å². The third kappa shape index (κ3) is 6.60. The molecule has 0 aromatic heterocycles. The van der Waals surface area contributed by atoms with E-state index in [0.717, 1.165) is 0 Å². The fraction of sp³-hybridized carbons (Fsp3) is 0.417. The van der Waals surface area contributed by atoms with Crippen molar-refractivity contribution in [2.45, 2.75) is 32.9 Å². The first-order valence-electron chi connectivity index (χ1n) is 5.14. The van der Waals surface area contributed by atoms with Gasteiger partial charge in [0.2, 0.25) is 0 Å². The predicted octanol–water partition coefficient (Wildman–Crippen LogP) is 3.86. The first kappa shape index (κ1) is 15.5. The molecular formula is C12H15F3O2. The number of carbonyl (C=O) groups is 1. The normalized spacial score (nSPS) is 14.4. The van der Waals surface area contributed by atoms with Crippen LogP contribution in [0.4, 0.5) is 13.2 Å². The van der Waals surface area contributed by atoms with Gasteiger partial charge in [-0.15, -0.1) is 0 Å². The second-order valence-corrected chi connectivity index (χ2v) is 3.35. The van der Waals surface area contributed by atoms with Crippen LogP contribution >= 0.6 is 0 Å². The van der Waals surface area contributed by atoms with Crippen LogP contribution in [0.5, 0.6) is 0 Å². The molecule has 2 nitrogen and oxygen atoms in total. The molecule has 0 fully saturated rings. The Hall–Kier alpha value is -1.52. The second kappa shape index (κ2) is 6.93. The Morgan fingerprint density at radius 2 is 1.88 bits per heavy atom. The summed E-state index contributed by atoms with van der Waals surface area (Å²) in [6.45, 7) is 3.31. The highest BCUT2D eigenvalue weighted by Crippen LogP contribution is 2.27. The standard InChI is InChI=1S/C12H15F3O2/c1-3-5-7-9(8-12(13,14)15)10(6-4-2)11(16)17/h4-7H,3,8H2,1-2H3,(H,16,17)/b6-4-,7-5+,10-9-. The molecule has 0 rings (SSSR count). The molecule has 5 heteroatoms. The zero-order valence-corrected chi connectivity index (χ0v) is 9.71. The van der Waals surface area contributed by atoms with Gasteiger partial charge in [0.25, 0.3) is 0 Å². The molecule has 0 unspecified atom stereocenters. The third-order valence-corrected chi connectivity index (χ3v) is 1.86. The first-order valence-corrected chi connectivity index (χ1v) is 5.14. The summed E-state index contributed by atoms with van der Waals surface area (Å²) >= 11 is 0. The highest BCUT2D eigenvalue weighted by atomic mass is 19.4. The fourth-order valence-corrected chi connectivity index (χ4v) is 1.20. The van der Waals surface area contributed by atoms with E-state index in [1.807, 2.05) is 0 Å².